The molecule has 5 heteroatoms. The van der Waals surface area contributed by atoms with Gasteiger partial charge in [0, 0.05) is 24.0 Å². The summed E-state index contributed by atoms with van der Waals surface area (Å²) in [6.45, 7) is -2.30. The molecule has 4 N–H and O–H groups in total. The van der Waals surface area contributed by atoms with E-state index in [9.17, 15) is 8.78 Å². The molecule has 0 radical (unpaired) electrons. The summed E-state index contributed by atoms with van der Waals surface area (Å²) in [5.74, 6) is 0. The maximum absolute atomic E-state index is 12.0. The second kappa shape index (κ2) is 4.66. The van der Waals surface area contributed by atoms with Gasteiger partial charge in [-0.15, -0.1) is 0 Å². The Morgan fingerprint density at radius 2 is 2.21 bits per heavy atom. The Balaban J connectivity index is 2.99. The number of anilines is 1. The molecule has 0 aliphatic rings. The van der Waals surface area contributed by atoms with Crippen LogP contribution in [0.5, 0.6) is 0 Å². The number of halogens is 2. The number of nitrogens with two attached hydrogens (primary N) is 1. The number of benzene rings is 1. The highest BCUT2D eigenvalue weighted by Crippen LogP contribution is 2.17. The predicted molar refractivity (Wildman–Crippen MR) is 51.8 cm³/mol. The van der Waals surface area contributed by atoms with Crippen LogP contribution in [0.25, 0.3) is 0 Å². The Hall–Kier alpha value is -1.49. The maximum atomic E-state index is 12.0. The largest absolute Gasteiger partial charge is 0.329 e. The average Bonchev–Trinajstić information content (AvgIpc) is 2.17. The molecule has 0 saturated carbocycles. The van der Waals surface area contributed by atoms with Gasteiger partial charge >= 0.3 is 6.55 Å². The van der Waals surface area contributed by atoms with Crippen LogP contribution in [-0.4, -0.2) is 12.8 Å². The van der Waals surface area contributed by atoms with E-state index in [2.05, 4.69) is 0 Å². The molecule has 0 aliphatic carbocycles. The zero-order valence-electron chi connectivity index (χ0n) is 7.43. The van der Waals surface area contributed by atoms with Gasteiger partial charge in [0.15, 0.2) is 0 Å². The van der Waals surface area contributed by atoms with Crippen molar-refractivity contribution >= 4 is 11.9 Å². The van der Waals surface area contributed by atoms with Crippen LogP contribution < -0.4 is 11.1 Å². The van der Waals surface area contributed by atoms with Crippen molar-refractivity contribution in [3.05, 3.63) is 29.3 Å². The molecule has 14 heavy (non-hydrogen) atoms. The van der Waals surface area contributed by atoms with Crippen LogP contribution in [0.2, 0.25) is 0 Å². The van der Waals surface area contributed by atoms with E-state index in [4.69, 9.17) is 11.1 Å². The number of alkyl halides is 2. The van der Waals surface area contributed by atoms with Gasteiger partial charge in [-0.2, -0.15) is 8.78 Å². The normalized spacial score (nSPS) is 10.3. The van der Waals surface area contributed by atoms with Crippen molar-refractivity contribution in [3.63, 3.8) is 0 Å². The van der Waals surface area contributed by atoms with Gasteiger partial charge in [0.1, 0.15) is 0 Å². The van der Waals surface area contributed by atoms with E-state index in [0.29, 0.717) is 12.1 Å². The summed E-state index contributed by atoms with van der Waals surface area (Å²) in [6, 6.07) is 4.75. The van der Waals surface area contributed by atoms with Crippen molar-refractivity contribution in [2.45, 2.75) is 13.1 Å². The van der Waals surface area contributed by atoms with E-state index < -0.39 is 6.55 Å². The van der Waals surface area contributed by atoms with Crippen molar-refractivity contribution in [2.24, 2.45) is 5.73 Å². The van der Waals surface area contributed by atoms with Crippen LogP contribution >= 0.6 is 0 Å². The minimum absolute atomic E-state index is 0.243. The second-order valence-electron chi connectivity index (χ2n) is 2.72. The summed E-state index contributed by atoms with van der Waals surface area (Å²) >= 11 is 0. The molecule has 76 valence electrons. The molecule has 0 aromatic heterocycles. The van der Waals surface area contributed by atoms with Crippen LogP contribution in [0, 0.1) is 5.41 Å². The first-order valence-corrected chi connectivity index (χ1v) is 4.05. The molecule has 0 unspecified atom stereocenters. The molecule has 0 aliphatic heterocycles. The number of rotatable bonds is 4. The molecule has 0 fully saturated rings. The SMILES string of the molecule is N=Cc1cc(CN)ccc1NC(F)F. The number of hydrogen-bond acceptors (Lipinski definition) is 3. The van der Waals surface area contributed by atoms with Crippen LogP contribution in [-0.2, 0) is 6.54 Å². The standard InChI is InChI=1S/C9H11F2N3/c10-9(11)14-8-2-1-6(4-12)3-7(8)5-13/h1-3,5,9,13-14H,4,12H2. The second-order valence-corrected chi connectivity index (χ2v) is 2.72. The maximum Gasteiger partial charge on any atom is 0.312 e. The van der Waals surface area contributed by atoms with Crippen LogP contribution in [0.3, 0.4) is 0 Å². The highest BCUT2D eigenvalue weighted by Gasteiger charge is 2.05. The van der Waals surface area contributed by atoms with Gasteiger partial charge in [0.25, 0.3) is 0 Å². The molecule has 1 aromatic carbocycles. The highest BCUT2D eigenvalue weighted by molar-refractivity contribution is 5.86. The lowest BCUT2D eigenvalue weighted by Gasteiger charge is -2.09. The summed E-state index contributed by atoms with van der Waals surface area (Å²) in [5, 5.41) is 9.00. The predicted octanol–water partition coefficient (Wildman–Crippen LogP) is 1.78. The molecule has 0 bridgehead atoms. The molecule has 0 spiro atoms. The van der Waals surface area contributed by atoms with Gasteiger partial charge in [-0.1, -0.05) is 6.07 Å². The third-order valence-electron chi connectivity index (χ3n) is 1.77. The van der Waals surface area contributed by atoms with E-state index in [1.807, 2.05) is 5.32 Å². The van der Waals surface area contributed by atoms with Crippen LogP contribution in [0.15, 0.2) is 18.2 Å². The molecule has 0 atom stereocenters. The Kier molecular flexibility index (Phi) is 3.53. The van der Waals surface area contributed by atoms with E-state index in [1.165, 1.54) is 6.07 Å². The highest BCUT2D eigenvalue weighted by atomic mass is 19.3. The lowest BCUT2D eigenvalue weighted by Crippen LogP contribution is -2.09. The molecular weight excluding hydrogens is 188 g/mol. The Labute approximate surface area is 80.4 Å². The number of nitrogens with one attached hydrogen (secondary N) is 2. The minimum atomic E-state index is -2.63. The fourth-order valence-corrected chi connectivity index (χ4v) is 1.11. The first-order valence-electron chi connectivity index (χ1n) is 4.05. The Bertz CT molecular complexity index is 326. The topological polar surface area (TPSA) is 61.9 Å². The fourth-order valence-electron chi connectivity index (χ4n) is 1.11. The lowest BCUT2D eigenvalue weighted by atomic mass is 10.1. The molecular formula is C9H11F2N3. The van der Waals surface area contributed by atoms with E-state index in [-0.39, 0.29) is 5.69 Å². The molecule has 0 amide bonds. The first kappa shape index (κ1) is 10.6. The third-order valence-corrected chi connectivity index (χ3v) is 1.77. The van der Waals surface area contributed by atoms with Crippen LogP contribution in [0.1, 0.15) is 11.1 Å². The first-order chi connectivity index (χ1) is 6.67. The average molecular weight is 199 g/mol. The van der Waals surface area contributed by atoms with Gasteiger partial charge in [0.05, 0.1) is 0 Å². The Morgan fingerprint density at radius 1 is 1.50 bits per heavy atom. The summed E-state index contributed by atoms with van der Waals surface area (Å²) in [4.78, 5) is 0. The lowest BCUT2D eigenvalue weighted by molar-refractivity contribution is 0.181. The molecule has 1 rings (SSSR count). The summed E-state index contributed by atoms with van der Waals surface area (Å²) in [6.07, 6.45) is 1.02. The monoisotopic (exact) mass is 199 g/mol. The zero-order valence-corrected chi connectivity index (χ0v) is 7.43. The van der Waals surface area contributed by atoms with Crippen LogP contribution in [0.4, 0.5) is 14.5 Å². The fraction of sp³-hybridized carbons (Fsp3) is 0.222. The quantitative estimate of drug-likeness (QED) is 0.511. The van der Waals surface area contributed by atoms with E-state index in [0.717, 1.165) is 11.8 Å². The van der Waals surface area contributed by atoms with Crippen molar-refractivity contribution in [1.29, 1.82) is 5.41 Å². The molecule has 1 aromatic rings. The zero-order chi connectivity index (χ0) is 10.6. The van der Waals surface area contributed by atoms with Gasteiger partial charge in [-0.25, -0.2) is 0 Å². The summed E-state index contributed by atoms with van der Waals surface area (Å²) in [7, 11) is 0. The van der Waals surface area contributed by atoms with E-state index in [1.54, 1.807) is 12.1 Å². The van der Waals surface area contributed by atoms with Gasteiger partial charge in [-0.3, -0.25) is 0 Å². The van der Waals surface area contributed by atoms with E-state index >= 15 is 0 Å². The van der Waals surface area contributed by atoms with Gasteiger partial charge in [-0.05, 0) is 17.7 Å². The molecule has 0 saturated heterocycles. The smallest absolute Gasteiger partial charge is 0.312 e. The third kappa shape index (κ3) is 2.50. The van der Waals surface area contributed by atoms with Gasteiger partial charge < -0.3 is 16.5 Å². The summed E-state index contributed by atoms with van der Waals surface area (Å²) < 4.78 is 24.0. The van der Waals surface area contributed by atoms with Crippen molar-refractivity contribution in [2.75, 3.05) is 5.32 Å². The van der Waals surface area contributed by atoms with Crippen molar-refractivity contribution < 1.29 is 8.78 Å². The molecule has 3 nitrogen and oxygen atoms in total. The van der Waals surface area contributed by atoms with Gasteiger partial charge in [0.2, 0.25) is 0 Å². The van der Waals surface area contributed by atoms with Crippen molar-refractivity contribution in [3.8, 4) is 0 Å². The van der Waals surface area contributed by atoms with Crippen molar-refractivity contribution in [1.82, 2.24) is 0 Å². The minimum Gasteiger partial charge on any atom is -0.329 e. The Morgan fingerprint density at radius 3 is 2.71 bits per heavy atom. The number of hydrogen-bond donors (Lipinski definition) is 3. The summed E-state index contributed by atoms with van der Waals surface area (Å²) in [5.41, 5.74) is 6.84. The molecule has 0 heterocycles.